The Kier molecular flexibility index (Phi) is 5.75. The molecule has 0 heterocycles. The number of carbonyl (C=O) groups excluding carboxylic acids is 1. The minimum atomic E-state index is -4.33. The van der Waals surface area contributed by atoms with Gasteiger partial charge in [-0.1, -0.05) is 18.2 Å². The second kappa shape index (κ2) is 7.64. The average molecular weight is 373 g/mol. The highest BCUT2D eigenvalue weighted by molar-refractivity contribution is 7.86. The van der Waals surface area contributed by atoms with Gasteiger partial charge < -0.3 is 5.32 Å². The molecule has 2 rings (SSSR count). The number of hydrogen-bond donors (Lipinski definition) is 2. The van der Waals surface area contributed by atoms with Gasteiger partial charge in [0.2, 0.25) is 5.91 Å². The van der Waals surface area contributed by atoms with Gasteiger partial charge in [-0.25, -0.2) is 0 Å². The zero-order valence-corrected chi connectivity index (χ0v) is 15.2. The van der Waals surface area contributed by atoms with Crippen molar-refractivity contribution in [2.45, 2.75) is 37.1 Å². The minimum Gasteiger partial charge on any atom is -0.326 e. The van der Waals surface area contributed by atoms with E-state index >= 15 is 0 Å². The number of benzene rings is 2. The van der Waals surface area contributed by atoms with Crippen molar-refractivity contribution in [3.63, 3.8) is 0 Å². The smallest absolute Gasteiger partial charge is 0.295 e. The minimum absolute atomic E-state index is 0.116. The van der Waals surface area contributed by atoms with Crippen LogP contribution in [0.1, 0.15) is 26.7 Å². The SMILES string of the molecule is CC=NC(C)(C#N)CCC(=O)Nc1ccc2c(S(=O)(=O)O)cccc2c1. The Morgan fingerprint density at radius 2 is 2.12 bits per heavy atom. The molecular formula is C18H19N3O4S. The van der Waals surface area contributed by atoms with Crippen LogP contribution in [0.4, 0.5) is 5.69 Å². The summed E-state index contributed by atoms with van der Waals surface area (Å²) in [6.07, 6.45) is 1.93. The number of carbonyl (C=O) groups is 1. The van der Waals surface area contributed by atoms with E-state index < -0.39 is 15.7 Å². The maximum Gasteiger partial charge on any atom is 0.295 e. The number of fused-ring (bicyclic) bond motifs is 1. The summed E-state index contributed by atoms with van der Waals surface area (Å²) in [5, 5.41) is 12.8. The molecule has 1 atom stereocenters. The lowest BCUT2D eigenvalue weighted by atomic mass is 9.98. The molecule has 2 aromatic rings. The van der Waals surface area contributed by atoms with Gasteiger partial charge >= 0.3 is 0 Å². The van der Waals surface area contributed by atoms with E-state index in [1.165, 1.54) is 24.4 Å². The van der Waals surface area contributed by atoms with E-state index in [4.69, 9.17) is 5.26 Å². The second-order valence-corrected chi connectivity index (χ2v) is 7.38. The van der Waals surface area contributed by atoms with Crippen molar-refractivity contribution in [1.82, 2.24) is 0 Å². The predicted octanol–water partition coefficient (Wildman–Crippen LogP) is 3.18. The summed E-state index contributed by atoms with van der Waals surface area (Å²) in [7, 11) is -4.33. The van der Waals surface area contributed by atoms with E-state index in [2.05, 4.69) is 16.4 Å². The van der Waals surface area contributed by atoms with Gasteiger partial charge in [-0.2, -0.15) is 13.7 Å². The van der Waals surface area contributed by atoms with Crippen molar-refractivity contribution in [3.05, 3.63) is 36.4 Å². The van der Waals surface area contributed by atoms with Gasteiger partial charge in [0.25, 0.3) is 10.1 Å². The Labute approximate surface area is 152 Å². The topological polar surface area (TPSA) is 120 Å². The predicted molar refractivity (Wildman–Crippen MR) is 99.8 cm³/mol. The lowest BCUT2D eigenvalue weighted by Gasteiger charge is -2.15. The third kappa shape index (κ3) is 4.65. The van der Waals surface area contributed by atoms with Crippen LogP contribution in [0.5, 0.6) is 0 Å². The monoisotopic (exact) mass is 373 g/mol. The standard InChI is InChI=1S/C18H19N3O4S/c1-3-20-18(2,12-19)10-9-17(22)21-14-7-8-15-13(11-14)5-4-6-16(15)26(23,24)25/h3-8,11H,9-10H2,1-2H3,(H,21,22)(H,23,24,25). The molecule has 8 heteroatoms. The van der Waals surface area contributed by atoms with E-state index in [1.54, 1.807) is 32.0 Å². The average Bonchev–Trinajstić information content (AvgIpc) is 2.59. The maximum absolute atomic E-state index is 12.1. The summed E-state index contributed by atoms with van der Waals surface area (Å²) in [6, 6.07) is 11.3. The van der Waals surface area contributed by atoms with Gasteiger partial charge in [0, 0.05) is 17.5 Å². The van der Waals surface area contributed by atoms with Gasteiger partial charge in [0.15, 0.2) is 0 Å². The molecule has 0 fully saturated rings. The molecule has 1 unspecified atom stereocenters. The molecule has 0 saturated heterocycles. The summed E-state index contributed by atoms with van der Waals surface area (Å²) >= 11 is 0. The molecule has 26 heavy (non-hydrogen) atoms. The first kappa shape index (κ1) is 19.6. The fourth-order valence-corrected chi connectivity index (χ4v) is 3.29. The molecule has 0 radical (unpaired) electrons. The summed E-state index contributed by atoms with van der Waals surface area (Å²) in [5.41, 5.74) is -0.451. The zero-order valence-electron chi connectivity index (χ0n) is 14.4. The molecule has 7 nitrogen and oxygen atoms in total. The molecule has 0 aliphatic rings. The highest BCUT2D eigenvalue weighted by Gasteiger charge is 2.22. The number of amides is 1. The lowest BCUT2D eigenvalue weighted by molar-refractivity contribution is -0.116. The first-order chi connectivity index (χ1) is 12.2. The number of hydrogen-bond acceptors (Lipinski definition) is 5. The van der Waals surface area contributed by atoms with Gasteiger partial charge in [0.05, 0.1) is 6.07 Å². The number of anilines is 1. The first-order valence-electron chi connectivity index (χ1n) is 7.90. The molecule has 0 bridgehead atoms. The molecule has 2 N–H and O–H groups in total. The number of nitrogens with zero attached hydrogens (tertiary/aromatic N) is 2. The van der Waals surface area contributed by atoms with Crippen LogP contribution in [-0.2, 0) is 14.9 Å². The number of nitriles is 1. The maximum atomic E-state index is 12.1. The van der Waals surface area contributed by atoms with Gasteiger partial charge in [-0.05, 0) is 50.1 Å². The quantitative estimate of drug-likeness (QED) is 0.595. The van der Waals surface area contributed by atoms with Crippen LogP contribution in [-0.4, -0.2) is 30.6 Å². The molecule has 2 aromatic carbocycles. The van der Waals surface area contributed by atoms with Crippen molar-refractivity contribution >= 4 is 38.7 Å². The van der Waals surface area contributed by atoms with E-state index in [9.17, 15) is 17.8 Å². The Bertz CT molecular complexity index is 1010. The zero-order chi connectivity index (χ0) is 19.4. The molecule has 0 aliphatic carbocycles. The van der Waals surface area contributed by atoms with Gasteiger partial charge in [-0.3, -0.25) is 14.3 Å². The molecule has 0 spiro atoms. The third-order valence-corrected chi connectivity index (χ3v) is 4.81. The van der Waals surface area contributed by atoms with Crippen LogP contribution in [0, 0.1) is 11.3 Å². The molecule has 136 valence electrons. The Hall–Kier alpha value is -2.76. The van der Waals surface area contributed by atoms with Crippen LogP contribution in [0.25, 0.3) is 10.8 Å². The second-order valence-electron chi connectivity index (χ2n) is 5.99. The number of aliphatic imine (C=N–C) groups is 1. The van der Waals surface area contributed by atoms with Crippen molar-refractivity contribution in [1.29, 1.82) is 5.26 Å². The summed E-state index contributed by atoms with van der Waals surface area (Å²) in [4.78, 5) is 16.0. The molecule has 1 amide bonds. The Morgan fingerprint density at radius 1 is 1.38 bits per heavy atom. The molecular weight excluding hydrogens is 354 g/mol. The first-order valence-corrected chi connectivity index (χ1v) is 9.34. The van der Waals surface area contributed by atoms with E-state index in [1.807, 2.05) is 0 Å². The molecule has 0 aromatic heterocycles. The van der Waals surface area contributed by atoms with Crippen molar-refractivity contribution in [3.8, 4) is 6.07 Å². The van der Waals surface area contributed by atoms with E-state index in [-0.39, 0.29) is 23.6 Å². The van der Waals surface area contributed by atoms with Gasteiger partial charge in [-0.15, -0.1) is 0 Å². The fraction of sp³-hybridized carbons (Fsp3) is 0.278. The normalized spacial score (nSPS) is 14.1. The molecule has 0 saturated carbocycles. The van der Waals surface area contributed by atoms with Crippen molar-refractivity contribution < 1.29 is 17.8 Å². The van der Waals surface area contributed by atoms with Crippen molar-refractivity contribution in [2.24, 2.45) is 4.99 Å². The highest BCUT2D eigenvalue weighted by Crippen LogP contribution is 2.26. The number of rotatable bonds is 6. The third-order valence-electron chi connectivity index (χ3n) is 3.90. The van der Waals surface area contributed by atoms with Crippen molar-refractivity contribution in [2.75, 3.05) is 5.32 Å². The highest BCUT2D eigenvalue weighted by atomic mass is 32.2. The number of nitrogens with one attached hydrogen (secondary N) is 1. The Morgan fingerprint density at radius 3 is 2.73 bits per heavy atom. The van der Waals surface area contributed by atoms with E-state index in [0.717, 1.165) is 0 Å². The Balaban J connectivity index is 2.17. The van der Waals surface area contributed by atoms with E-state index in [0.29, 0.717) is 16.5 Å². The van der Waals surface area contributed by atoms with Crippen LogP contribution in [0.15, 0.2) is 46.3 Å². The molecule has 0 aliphatic heterocycles. The lowest BCUT2D eigenvalue weighted by Crippen LogP contribution is -2.23. The van der Waals surface area contributed by atoms with Crippen LogP contribution < -0.4 is 5.32 Å². The fourth-order valence-electron chi connectivity index (χ4n) is 2.57. The summed E-state index contributed by atoms with van der Waals surface area (Å²) in [5.74, 6) is -0.275. The summed E-state index contributed by atoms with van der Waals surface area (Å²) < 4.78 is 32.1. The summed E-state index contributed by atoms with van der Waals surface area (Å²) in [6.45, 7) is 3.37. The largest absolute Gasteiger partial charge is 0.326 e. The van der Waals surface area contributed by atoms with Gasteiger partial charge in [0.1, 0.15) is 10.4 Å². The van der Waals surface area contributed by atoms with Crippen LogP contribution in [0.3, 0.4) is 0 Å². The van der Waals surface area contributed by atoms with Crippen LogP contribution in [0.2, 0.25) is 0 Å². The van der Waals surface area contributed by atoms with Crippen LogP contribution >= 0.6 is 0 Å².